The third-order valence-electron chi connectivity index (χ3n) is 2.75. The van der Waals surface area contributed by atoms with Gasteiger partial charge in [-0.3, -0.25) is 4.79 Å². The van der Waals surface area contributed by atoms with Gasteiger partial charge in [0.1, 0.15) is 0 Å². The number of hydrogen-bond donors (Lipinski definition) is 2. The fraction of sp³-hybridized carbons (Fsp3) is 0. The maximum Gasteiger partial charge on any atom is 0.328 e. The molecule has 5 nitrogen and oxygen atoms in total. The minimum absolute atomic E-state index is 0. The molecule has 0 heterocycles. The number of carboxylic acid groups (broad SMARTS) is 1. The van der Waals surface area contributed by atoms with Gasteiger partial charge in [0, 0.05) is 52.8 Å². The molecular weight excluding hydrogens is 303 g/mol. The van der Waals surface area contributed by atoms with Gasteiger partial charge in [-0.25, -0.2) is 10.2 Å². The average Bonchev–Trinajstić information content (AvgIpc) is 2.55. The molecule has 0 saturated carbocycles. The maximum absolute atomic E-state index is 11.5. The van der Waals surface area contributed by atoms with Crippen molar-refractivity contribution < 1.29 is 14.7 Å². The van der Waals surface area contributed by atoms with Crippen molar-refractivity contribution >= 4 is 47.1 Å². The van der Waals surface area contributed by atoms with E-state index in [-0.39, 0.29) is 29.6 Å². The van der Waals surface area contributed by atoms with E-state index in [2.05, 4.69) is 10.5 Å². The van der Waals surface area contributed by atoms with Gasteiger partial charge in [0.05, 0.1) is 5.71 Å². The van der Waals surface area contributed by atoms with Crippen LogP contribution >= 0.6 is 0 Å². The zero-order valence-corrected chi connectivity index (χ0v) is 14.6. The largest absolute Gasteiger partial charge is 0.478 e. The van der Waals surface area contributed by atoms with Gasteiger partial charge in [-0.05, 0) is 0 Å². The van der Waals surface area contributed by atoms with Crippen LogP contribution in [0.4, 0.5) is 0 Å². The molecule has 2 aromatic rings. The zero-order valence-electron chi connectivity index (χ0n) is 12.6. The number of hydrogen-bond acceptors (Lipinski definition) is 3. The molecule has 0 aromatic heterocycles. The Balaban J connectivity index is 0.00000264. The Morgan fingerprint density at radius 1 is 0.870 bits per heavy atom. The SMILES string of the molecule is O=C(O)/C=C\C(=O)NN=C(c1ccccc1)c1ccccc1.[Na]. The molecule has 0 unspecified atom stereocenters. The summed E-state index contributed by atoms with van der Waals surface area (Å²) in [6.07, 6.45) is 1.68. The number of rotatable bonds is 5. The van der Waals surface area contributed by atoms with Crippen LogP contribution in [0.3, 0.4) is 0 Å². The third kappa shape index (κ3) is 6.20. The number of aliphatic carboxylic acids is 1. The number of amides is 1. The Hall–Kier alpha value is -2.21. The van der Waals surface area contributed by atoms with Crippen molar-refractivity contribution in [2.75, 3.05) is 0 Å². The molecule has 2 rings (SSSR count). The number of hydrazone groups is 1. The number of nitrogens with one attached hydrogen (secondary N) is 1. The van der Waals surface area contributed by atoms with Crippen LogP contribution in [-0.4, -0.2) is 52.3 Å². The molecule has 111 valence electrons. The van der Waals surface area contributed by atoms with E-state index in [1.54, 1.807) is 0 Å². The monoisotopic (exact) mass is 317 g/mol. The number of carbonyl (C=O) groups excluding carboxylic acids is 1. The van der Waals surface area contributed by atoms with Gasteiger partial charge in [0.15, 0.2) is 0 Å². The average molecular weight is 317 g/mol. The Labute approximate surface area is 156 Å². The Kier molecular flexibility index (Phi) is 7.97. The molecule has 0 spiro atoms. The standard InChI is InChI=1S/C17H14N2O3.Na/c20-15(11-12-16(21)22)18-19-17(13-7-3-1-4-8-13)14-9-5-2-6-10-14;/h1-12H,(H,18,20)(H,21,22);/b12-11-;. The van der Waals surface area contributed by atoms with E-state index in [9.17, 15) is 9.59 Å². The summed E-state index contributed by atoms with van der Waals surface area (Å²) in [4.78, 5) is 21.9. The molecule has 1 amide bonds. The van der Waals surface area contributed by atoms with Gasteiger partial charge in [-0.1, -0.05) is 60.7 Å². The summed E-state index contributed by atoms with van der Waals surface area (Å²) in [5.74, 6) is -1.79. The van der Waals surface area contributed by atoms with E-state index in [1.807, 2.05) is 60.7 Å². The Morgan fingerprint density at radius 3 is 1.78 bits per heavy atom. The summed E-state index contributed by atoms with van der Waals surface area (Å²) < 4.78 is 0. The first-order valence-corrected chi connectivity index (χ1v) is 6.56. The first kappa shape index (κ1) is 18.8. The molecule has 0 atom stereocenters. The van der Waals surface area contributed by atoms with Crippen LogP contribution in [0.1, 0.15) is 11.1 Å². The molecule has 0 aliphatic carbocycles. The summed E-state index contributed by atoms with van der Waals surface area (Å²) in [5.41, 5.74) is 4.62. The van der Waals surface area contributed by atoms with Gasteiger partial charge in [-0.15, -0.1) is 0 Å². The second-order valence-electron chi connectivity index (χ2n) is 4.34. The van der Waals surface area contributed by atoms with E-state index in [0.717, 1.165) is 23.3 Å². The van der Waals surface area contributed by atoms with Crippen LogP contribution in [0.25, 0.3) is 0 Å². The van der Waals surface area contributed by atoms with Crippen molar-refractivity contribution in [1.29, 1.82) is 0 Å². The van der Waals surface area contributed by atoms with Crippen molar-refractivity contribution in [3.63, 3.8) is 0 Å². The second-order valence-corrected chi connectivity index (χ2v) is 4.34. The molecule has 2 aromatic carbocycles. The fourth-order valence-electron chi connectivity index (χ4n) is 1.78. The van der Waals surface area contributed by atoms with E-state index in [1.165, 1.54) is 0 Å². The first-order chi connectivity index (χ1) is 10.7. The summed E-state index contributed by atoms with van der Waals surface area (Å²) in [5, 5.41) is 12.6. The maximum atomic E-state index is 11.5. The van der Waals surface area contributed by atoms with Crippen molar-refractivity contribution in [3.8, 4) is 0 Å². The smallest absolute Gasteiger partial charge is 0.328 e. The van der Waals surface area contributed by atoms with E-state index >= 15 is 0 Å². The number of carbonyl (C=O) groups is 2. The van der Waals surface area contributed by atoms with E-state index in [4.69, 9.17) is 5.11 Å². The van der Waals surface area contributed by atoms with Crippen LogP contribution < -0.4 is 5.43 Å². The molecule has 0 bridgehead atoms. The molecule has 2 N–H and O–H groups in total. The number of carboxylic acids is 1. The first-order valence-electron chi connectivity index (χ1n) is 6.56. The molecule has 0 aliphatic rings. The summed E-state index contributed by atoms with van der Waals surface area (Å²) in [6.45, 7) is 0. The molecule has 1 radical (unpaired) electrons. The molecular formula is C17H14N2NaO3. The second kappa shape index (κ2) is 9.74. The number of nitrogens with zero attached hydrogens (tertiary/aromatic N) is 1. The zero-order chi connectivity index (χ0) is 15.8. The van der Waals surface area contributed by atoms with E-state index < -0.39 is 11.9 Å². The van der Waals surface area contributed by atoms with E-state index in [0.29, 0.717) is 5.71 Å². The predicted octanol–water partition coefficient (Wildman–Crippen LogP) is 1.82. The molecule has 6 heteroatoms. The fourth-order valence-corrected chi connectivity index (χ4v) is 1.78. The minimum atomic E-state index is -1.19. The van der Waals surface area contributed by atoms with Crippen LogP contribution in [-0.2, 0) is 9.59 Å². The quantitative estimate of drug-likeness (QED) is 0.382. The summed E-state index contributed by atoms with van der Waals surface area (Å²) in [7, 11) is 0. The molecule has 0 aliphatic heterocycles. The van der Waals surface area contributed by atoms with Gasteiger partial charge >= 0.3 is 5.97 Å². The van der Waals surface area contributed by atoms with Crippen molar-refractivity contribution in [2.45, 2.75) is 0 Å². The van der Waals surface area contributed by atoms with Crippen molar-refractivity contribution in [2.24, 2.45) is 5.10 Å². The van der Waals surface area contributed by atoms with Crippen molar-refractivity contribution in [1.82, 2.24) is 5.43 Å². The summed E-state index contributed by atoms with van der Waals surface area (Å²) in [6, 6.07) is 18.8. The van der Waals surface area contributed by atoms with Crippen LogP contribution in [0.15, 0.2) is 77.9 Å². The minimum Gasteiger partial charge on any atom is -0.478 e. The van der Waals surface area contributed by atoms with Gasteiger partial charge in [-0.2, -0.15) is 5.10 Å². The number of benzene rings is 2. The van der Waals surface area contributed by atoms with Gasteiger partial charge < -0.3 is 5.11 Å². The topological polar surface area (TPSA) is 78.8 Å². The Bertz CT molecular complexity index is 672. The van der Waals surface area contributed by atoms with Crippen molar-refractivity contribution in [3.05, 3.63) is 83.9 Å². The predicted molar refractivity (Wildman–Crippen MR) is 89.2 cm³/mol. The third-order valence-corrected chi connectivity index (χ3v) is 2.75. The van der Waals surface area contributed by atoms with Gasteiger partial charge in [0.2, 0.25) is 0 Å². The normalized spacial score (nSPS) is 9.74. The van der Waals surface area contributed by atoms with Crippen LogP contribution in [0.2, 0.25) is 0 Å². The summed E-state index contributed by atoms with van der Waals surface area (Å²) >= 11 is 0. The van der Waals surface area contributed by atoms with Gasteiger partial charge in [0.25, 0.3) is 5.91 Å². The van der Waals surface area contributed by atoms with Crippen LogP contribution in [0.5, 0.6) is 0 Å². The molecule has 23 heavy (non-hydrogen) atoms. The molecule has 0 saturated heterocycles. The van der Waals surface area contributed by atoms with Crippen LogP contribution in [0, 0.1) is 0 Å². The Morgan fingerprint density at radius 2 is 1.35 bits per heavy atom. The molecule has 0 fully saturated rings.